The molecule has 1 atom stereocenters. The average Bonchev–Trinajstić information content (AvgIpc) is 2.82. The van der Waals surface area contributed by atoms with Crippen LogP contribution in [-0.4, -0.2) is 19.3 Å². The van der Waals surface area contributed by atoms with Crippen LogP contribution in [0.25, 0.3) is 0 Å². The van der Waals surface area contributed by atoms with E-state index >= 15 is 0 Å². The summed E-state index contributed by atoms with van der Waals surface area (Å²) in [7, 11) is -3.71. The second-order valence-corrected chi connectivity index (χ2v) is 8.25. The Hall–Kier alpha value is -1.43. The fraction of sp³-hybridized carbons (Fsp3) is 0.333. The minimum Gasteiger partial charge on any atom is -0.207 e. The lowest BCUT2D eigenvalue weighted by molar-refractivity contribution is 0.329. The SMILES string of the molecule is O=S(=O)(c1ccc(F)cc1)N1CCCCC[C@H]1c1ccccc1Cl. The van der Waals surface area contributed by atoms with Gasteiger partial charge in [-0.2, -0.15) is 4.31 Å². The molecule has 6 heteroatoms. The van der Waals surface area contributed by atoms with Gasteiger partial charge in [-0.1, -0.05) is 42.6 Å². The molecule has 1 aliphatic heterocycles. The molecule has 2 aromatic rings. The van der Waals surface area contributed by atoms with Gasteiger partial charge in [-0.05, 0) is 48.7 Å². The van der Waals surface area contributed by atoms with Crippen LogP contribution in [0.1, 0.15) is 37.3 Å². The third-order valence-electron chi connectivity index (χ3n) is 4.39. The molecule has 0 aliphatic carbocycles. The van der Waals surface area contributed by atoms with Gasteiger partial charge in [-0.3, -0.25) is 0 Å². The van der Waals surface area contributed by atoms with Gasteiger partial charge in [-0.25, -0.2) is 12.8 Å². The van der Waals surface area contributed by atoms with Gasteiger partial charge in [0.25, 0.3) is 0 Å². The van der Waals surface area contributed by atoms with Crippen LogP contribution in [0.2, 0.25) is 5.02 Å². The van der Waals surface area contributed by atoms with E-state index in [1.165, 1.54) is 28.6 Å². The zero-order chi connectivity index (χ0) is 17.2. The Morgan fingerprint density at radius 3 is 2.42 bits per heavy atom. The van der Waals surface area contributed by atoms with Crippen molar-refractivity contribution in [2.45, 2.75) is 36.6 Å². The monoisotopic (exact) mass is 367 g/mol. The molecule has 0 N–H and O–H groups in total. The van der Waals surface area contributed by atoms with Gasteiger partial charge >= 0.3 is 0 Å². The lowest BCUT2D eigenvalue weighted by Crippen LogP contribution is -2.35. The van der Waals surface area contributed by atoms with E-state index in [2.05, 4.69) is 0 Å². The lowest BCUT2D eigenvalue weighted by atomic mass is 10.0. The highest BCUT2D eigenvalue weighted by molar-refractivity contribution is 7.89. The summed E-state index contributed by atoms with van der Waals surface area (Å²) in [5.41, 5.74) is 0.826. The van der Waals surface area contributed by atoms with Gasteiger partial charge in [0.15, 0.2) is 0 Å². The predicted octanol–water partition coefficient (Wildman–Crippen LogP) is 4.79. The number of halogens is 2. The molecule has 0 aromatic heterocycles. The third kappa shape index (κ3) is 3.48. The number of rotatable bonds is 3. The summed E-state index contributed by atoms with van der Waals surface area (Å²) in [5, 5.41) is 0.573. The molecule has 0 spiro atoms. The Kier molecular flexibility index (Phi) is 5.23. The molecule has 0 unspecified atom stereocenters. The number of benzene rings is 2. The highest BCUT2D eigenvalue weighted by atomic mass is 35.5. The molecule has 2 aromatic carbocycles. The van der Waals surface area contributed by atoms with Gasteiger partial charge < -0.3 is 0 Å². The summed E-state index contributed by atoms with van der Waals surface area (Å²) < 4.78 is 40.9. The summed E-state index contributed by atoms with van der Waals surface area (Å²) in [6, 6.07) is 12.1. The molecular weight excluding hydrogens is 349 g/mol. The molecule has 24 heavy (non-hydrogen) atoms. The summed E-state index contributed by atoms with van der Waals surface area (Å²) in [5.74, 6) is -0.451. The lowest BCUT2D eigenvalue weighted by Gasteiger charge is -2.30. The van der Waals surface area contributed by atoms with E-state index in [0.29, 0.717) is 11.6 Å². The maximum atomic E-state index is 13.2. The molecule has 128 valence electrons. The van der Waals surface area contributed by atoms with Crippen molar-refractivity contribution < 1.29 is 12.8 Å². The van der Waals surface area contributed by atoms with Crippen LogP contribution >= 0.6 is 11.6 Å². The zero-order valence-electron chi connectivity index (χ0n) is 13.2. The Morgan fingerprint density at radius 2 is 1.71 bits per heavy atom. The second kappa shape index (κ2) is 7.21. The summed E-state index contributed by atoms with van der Waals surface area (Å²) in [4.78, 5) is 0.114. The Bertz CT molecular complexity index is 808. The summed E-state index contributed by atoms with van der Waals surface area (Å²) in [6.45, 7) is 0.440. The first-order valence-corrected chi connectivity index (χ1v) is 9.84. The van der Waals surface area contributed by atoms with Crippen LogP contribution in [-0.2, 0) is 10.0 Å². The van der Waals surface area contributed by atoms with E-state index in [0.717, 1.165) is 31.2 Å². The van der Waals surface area contributed by atoms with Crippen molar-refractivity contribution in [3.8, 4) is 0 Å². The minimum absolute atomic E-state index is 0.114. The number of hydrogen-bond acceptors (Lipinski definition) is 2. The average molecular weight is 368 g/mol. The van der Waals surface area contributed by atoms with Crippen LogP contribution in [0, 0.1) is 5.82 Å². The predicted molar refractivity (Wildman–Crippen MR) is 93.0 cm³/mol. The van der Waals surface area contributed by atoms with E-state index in [-0.39, 0.29) is 10.9 Å². The van der Waals surface area contributed by atoms with Crippen LogP contribution in [0.15, 0.2) is 53.4 Å². The Labute approximate surface area is 147 Å². The third-order valence-corrected chi connectivity index (χ3v) is 6.65. The molecule has 0 radical (unpaired) electrons. The Balaban J connectivity index is 2.04. The normalized spacial score (nSPS) is 19.8. The fourth-order valence-corrected chi connectivity index (χ4v) is 5.10. The van der Waals surface area contributed by atoms with E-state index in [1.807, 2.05) is 18.2 Å². The van der Waals surface area contributed by atoms with Gasteiger partial charge in [0.1, 0.15) is 5.82 Å². The largest absolute Gasteiger partial charge is 0.243 e. The topological polar surface area (TPSA) is 37.4 Å². The molecule has 0 bridgehead atoms. The first-order chi connectivity index (χ1) is 11.5. The van der Waals surface area contributed by atoms with E-state index < -0.39 is 15.8 Å². The quantitative estimate of drug-likeness (QED) is 0.782. The smallest absolute Gasteiger partial charge is 0.207 e. The van der Waals surface area contributed by atoms with Crippen molar-refractivity contribution in [3.05, 3.63) is 64.9 Å². The van der Waals surface area contributed by atoms with Gasteiger partial charge in [0, 0.05) is 11.6 Å². The van der Waals surface area contributed by atoms with Crippen molar-refractivity contribution in [3.63, 3.8) is 0 Å². The fourth-order valence-electron chi connectivity index (χ4n) is 3.17. The molecule has 3 nitrogen and oxygen atoms in total. The Morgan fingerprint density at radius 1 is 1.00 bits per heavy atom. The van der Waals surface area contributed by atoms with E-state index in [1.54, 1.807) is 6.07 Å². The van der Waals surface area contributed by atoms with Crippen molar-refractivity contribution in [1.29, 1.82) is 0 Å². The maximum absolute atomic E-state index is 13.2. The van der Waals surface area contributed by atoms with Crippen LogP contribution in [0.3, 0.4) is 0 Å². The minimum atomic E-state index is -3.71. The van der Waals surface area contributed by atoms with Gasteiger partial charge in [0.2, 0.25) is 10.0 Å². The van der Waals surface area contributed by atoms with Crippen molar-refractivity contribution in [2.24, 2.45) is 0 Å². The molecule has 1 fully saturated rings. The summed E-state index contributed by atoms with van der Waals surface area (Å²) >= 11 is 6.32. The maximum Gasteiger partial charge on any atom is 0.243 e. The standard InChI is InChI=1S/C18H19ClFNO2S/c19-17-7-4-3-6-16(17)18-8-2-1-5-13-21(18)24(22,23)15-11-9-14(20)10-12-15/h3-4,6-7,9-12,18H,1-2,5,8,13H2/t18-/m0/s1. The number of nitrogens with zero attached hydrogens (tertiary/aromatic N) is 1. The number of hydrogen-bond donors (Lipinski definition) is 0. The summed E-state index contributed by atoms with van der Waals surface area (Å²) in [6.07, 6.45) is 3.47. The number of sulfonamides is 1. The van der Waals surface area contributed by atoms with Gasteiger partial charge in [-0.15, -0.1) is 0 Å². The van der Waals surface area contributed by atoms with Crippen LogP contribution in [0.5, 0.6) is 0 Å². The molecule has 0 amide bonds. The molecule has 3 rings (SSSR count). The first kappa shape index (κ1) is 17.4. The van der Waals surface area contributed by atoms with Crippen molar-refractivity contribution >= 4 is 21.6 Å². The molecule has 0 saturated carbocycles. The highest BCUT2D eigenvalue weighted by Gasteiger charge is 2.34. The molecular formula is C18H19ClFNO2S. The second-order valence-electron chi connectivity index (χ2n) is 5.96. The molecule has 1 heterocycles. The van der Waals surface area contributed by atoms with Gasteiger partial charge in [0.05, 0.1) is 10.9 Å². The van der Waals surface area contributed by atoms with E-state index in [4.69, 9.17) is 11.6 Å². The van der Waals surface area contributed by atoms with Crippen molar-refractivity contribution in [2.75, 3.05) is 6.54 Å². The first-order valence-electron chi connectivity index (χ1n) is 8.02. The molecule has 1 aliphatic rings. The van der Waals surface area contributed by atoms with Crippen LogP contribution in [0.4, 0.5) is 4.39 Å². The van der Waals surface area contributed by atoms with E-state index in [9.17, 15) is 12.8 Å². The van der Waals surface area contributed by atoms with Crippen molar-refractivity contribution in [1.82, 2.24) is 4.31 Å². The zero-order valence-corrected chi connectivity index (χ0v) is 14.7. The highest BCUT2D eigenvalue weighted by Crippen LogP contribution is 2.37. The molecule has 1 saturated heterocycles. The van der Waals surface area contributed by atoms with Crippen LogP contribution < -0.4 is 0 Å².